The van der Waals surface area contributed by atoms with Gasteiger partial charge in [0, 0.05) is 6.20 Å². The minimum atomic E-state index is -3.48. The highest BCUT2D eigenvalue weighted by molar-refractivity contribution is 5.11. The molecule has 0 saturated heterocycles. The van der Waals surface area contributed by atoms with Gasteiger partial charge in [0.2, 0.25) is 0 Å². The molecule has 0 radical (unpaired) electrons. The Balaban J connectivity index is 2.98. The van der Waals surface area contributed by atoms with Crippen LogP contribution in [0.2, 0.25) is 0 Å². The minimum Gasteiger partial charge on any atom is -0.255 e. The van der Waals surface area contributed by atoms with Crippen LogP contribution in [0.1, 0.15) is 12.6 Å². The summed E-state index contributed by atoms with van der Waals surface area (Å²) in [5, 5.41) is 0. The van der Waals surface area contributed by atoms with Crippen molar-refractivity contribution < 1.29 is 13.2 Å². The number of aromatic nitrogens is 1. The van der Waals surface area contributed by atoms with E-state index in [9.17, 15) is 13.2 Å². The normalized spacial score (nSPS) is 14.3. The highest BCUT2D eigenvalue weighted by Crippen LogP contribution is 2.31. The molecule has 0 N–H and O–H groups in total. The van der Waals surface area contributed by atoms with E-state index < -0.39 is 17.8 Å². The number of nitrogens with zero attached hydrogens (tertiary/aromatic N) is 1. The van der Waals surface area contributed by atoms with Crippen LogP contribution >= 0.6 is 0 Å². The van der Waals surface area contributed by atoms with Crippen molar-refractivity contribution in [2.24, 2.45) is 0 Å². The van der Waals surface area contributed by atoms with Crippen LogP contribution in [0.4, 0.5) is 13.2 Å². The van der Waals surface area contributed by atoms with Gasteiger partial charge in [-0.1, -0.05) is 6.07 Å². The zero-order valence-corrected chi connectivity index (χ0v) is 6.47. The highest BCUT2D eigenvalue weighted by Gasteiger charge is 2.40. The molecule has 0 bridgehead atoms. The molecule has 1 unspecified atom stereocenters. The fraction of sp³-hybridized carbons (Fsp3) is 0.375. The number of halogens is 3. The molecular formula is C8H8F3N. The van der Waals surface area contributed by atoms with Gasteiger partial charge < -0.3 is 0 Å². The molecule has 0 saturated carbocycles. The predicted octanol–water partition coefficient (Wildman–Crippen LogP) is 2.53. The van der Waals surface area contributed by atoms with Gasteiger partial charge in [0.05, 0.1) is 0 Å². The van der Waals surface area contributed by atoms with Crippen LogP contribution in [0.15, 0.2) is 24.4 Å². The first kappa shape index (κ1) is 9.03. The van der Waals surface area contributed by atoms with E-state index in [1.54, 1.807) is 0 Å². The van der Waals surface area contributed by atoms with Crippen molar-refractivity contribution in [3.63, 3.8) is 0 Å². The van der Waals surface area contributed by atoms with Crippen LogP contribution < -0.4 is 0 Å². The summed E-state index contributed by atoms with van der Waals surface area (Å²) < 4.78 is 38.1. The second-order valence-corrected chi connectivity index (χ2v) is 2.45. The van der Waals surface area contributed by atoms with Crippen molar-refractivity contribution in [2.45, 2.75) is 19.0 Å². The first-order chi connectivity index (χ1) is 5.55. The van der Waals surface area contributed by atoms with Gasteiger partial charge in [-0.2, -0.15) is 8.78 Å². The summed E-state index contributed by atoms with van der Waals surface area (Å²) in [5.41, 5.74) is -0.528. The van der Waals surface area contributed by atoms with Crippen LogP contribution in [0.25, 0.3) is 0 Å². The third-order valence-electron chi connectivity index (χ3n) is 1.51. The Labute approximate surface area is 68.2 Å². The maximum absolute atomic E-state index is 12.8. The molecule has 0 amide bonds. The Bertz CT molecular complexity index is 246. The SMILES string of the molecule is CC(F)C(F)(F)c1ccccn1. The molecule has 4 heteroatoms. The molecule has 0 spiro atoms. The second-order valence-electron chi connectivity index (χ2n) is 2.45. The zero-order valence-electron chi connectivity index (χ0n) is 6.47. The van der Waals surface area contributed by atoms with Crippen LogP contribution in [0, 0.1) is 0 Å². The quantitative estimate of drug-likeness (QED) is 0.673. The molecule has 1 nitrogen and oxygen atoms in total. The molecule has 0 aliphatic carbocycles. The Morgan fingerprint density at radius 1 is 1.42 bits per heavy atom. The number of alkyl halides is 3. The standard InChI is InChI=1S/C8H8F3N/c1-6(9)8(10,11)7-4-2-3-5-12-7/h2-6H,1H3. The topological polar surface area (TPSA) is 12.9 Å². The maximum Gasteiger partial charge on any atom is 0.319 e. The van der Waals surface area contributed by atoms with Gasteiger partial charge in [-0.05, 0) is 19.1 Å². The third kappa shape index (κ3) is 1.57. The molecule has 1 aromatic heterocycles. The lowest BCUT2D eigenvalue weighted by atomic mass is 10.1. The summed E-state index contributed by atoms with van der Waals surface area (Å²) in [7, 11) is 0. The van der Waals surface area contributed by atoms with Crippen molar-refractivity contribution in [1.29, 1.82) is 0 Å². The van der Waals surface area contributed by atoms with E-state index in [2.05, 4.69) is 4.98 Å². The maximum atomic E-state index is 12.8. The fourth-order valence-corrected chi connectivity index (χ4v) is 0.764. The van der Waals surface area contributed by atoms with E-state index >= 15 is 0 Å². The van der Waals surface area contributed by atoms with Crippen LogP contribution in [-0.4, -0.2) is 11.2 Å². The first-order valence-corrected chi connectivity index (χ1v) is 3.48. The molecule has 1 atom stereocenters. The lowest BCUT2D eigenvalue weighted by molar-refractivity contribution is -0.0748. The summed E-state index contributed by atoms with van der Waals surface area (Å²) in [6.45, 7) is 0.814. The van der Waals surface area contributed by atoms with E-state index in [0.717, 1.165) is 13.0 Å². The molecule has 0 fully saturated rings. The molecule has 0 aliphatic heterocycles. The largest absolute Gasteiger partial charge is 0.319 e. The Hall–Kier alpha value is -1.06. The van der Waals surface area contributed by atoms with Gasteiger partial charge in [0.15, 0.2) is 6.17 Å². The minimum absolute atomic E-state index is 0.528. The van der Waals surface area contributed by atoms with Gasteiger partial charge in [-0.15, -0.1) is 0 Å². The fourth-order valence-electron chi connectivity index (χ4n) is 0.764. The average molecular weight is 175 g/mol. The second kappa shape index (κ2) is 3.13. The highest BCUT2D eigenvalue weighted by atomic mass is 19.3. The Morgan fingerprint density at radius 2 is 2.08 bits per heavy atom. The van der Waals surface area contributed by atoms with Crippen LogP contribution in [-0.2, 0) is 5.92 Å². The zero-order chi connectivity index (χ0) is 9.19. The summed E-state index contributed by atoms with van der Waals surface area (Å²) >= 11 is 0. The molecule has 0 aromatic carbocycles. The molecule has 12 heavy (non-hydrogen) atoms. The summed E-state index contributed by atoms with van der Waals surface area (Å²) in [4.78, 5) is 3.38. The number of pyridine rings is 1. The smallest absolute Gasteiger partial charge is 0.255 e. The third-order valence-corrected chi connectivity index (χ3v) is 1.51. The van der Waals surface area contributed by atoms with Gasteiger partial charge >= 0.3 is 5.92 Å². The van der Waals surface area contributed by atoms with Gasteiger partial charge in [-0.3, -0.25) is 4.98 Å². The molecule has 1 aromatic rings. The van der Waals surface area contributed by atoms with Crippen molar-refractivity contribution in [3.05, 3.63) is 30.1 Å². The lowest BCUT2D eigenvalue weighted by Gasteiger charge is -2.16. The summed E-state index contributed by atoms with van der Waals surface area (Å²) in [5.74, 6) is -3.48. The van der Waals surface area contributed by atoms with E-state index in [4.69, 9.17) is 0 Å². The average Bonchev–Trinajstić information content (AvgIpc) is 2.06. The lowest BCUT2D eigenvalue weighted by Crippen LogP contribution is -2.25. The van der Waals surface area contributed by atoms with E-state index in [1.807, 2.05) is 0 Å². The van der Waals surface area contributed by atoms with Gasteiger partial charge in [0.25, 0.3) is 0 Å². The van der Waals surface area contributed by atoms with E-state index in [0.29, 0.717) is 0 Å². The van der Waals surface area contributed by atoms with Crippen LogP contribution in [0.3, 0.4) is 0 Å². The first-order valence-electron chi connectivity index (χ1n) is 3.48. The molecule has 1 heterocycles. The number of rotatable bonds is 2. The molecule has 66 valence electrons. The van der Waals surface area contributed by atoms with Crippen LogP contribution in [0.5, 0.6) is 0 Å². The van der Waals surface area contributed by atoms with Crippen molar-refractivity contribution in [2.75, 3.05) is 0 Å². The van der Waals surface area contributed by atoms with E-state index in [-0.39, 0.29) is 0 Å². The molecule has 1 rings (SSSR count). The van der Waals surface area contributed by atoms with Crippen molar-refractivity contribution >= 4 is 0 Å². The Kier molecular flexibility index (Phi) is 2.35. The van der Waals surface area contributed by atoms with Gasteiger partial charge in [0.1, 0.15) is 5.69 Å². The summed E-state index contributed by atoms with van der Waals surface area (Å²) in [6.07, 6.45) is -1.00. The number of hydrogen-bond donors (Lipinski definition) is 0. The molecule has 0 aliphatic rings. The van der Waals surface area contributed by atoms with Crippen molar-refractivity contribution in [1.82, 2.24) is 4.98 Å². The predicted molar refractivity (Wildman–Crippen MR) is 38.7 cm³/mol. The summed E-state index contributed by atoms with van der Waals surface area (Å²) in [6, 6.07) is 4.01. The van der Waals surface area contributed by atoms with Crippen molar-refractivity contribution in [3.8, 4) is 0 Å². The molecular weight excluding hydrogens is 167 g/mol. The number of hydrogen-bond acceptors (Lipinski definition) is 1. The Morgan fingerprint density at radius 3 is 2.50 bits per heavy atom. The van der Waals surface area contributed by atoms with E-state index in [1.165, 1.54) is 18.3 Å². The monoisotopic (exact) mass is 175 g/mol. The van der Waals surface area contributed by atoms with Gasteiger partial charge in [-0.25, -0.2) is 4.39 Å².